The summed E-state index contributed by atoms with van der Waals surface area (Å²) in [5.41, 5.74) is 4.87. The van der Waals surface area contributed by atoms with Crippen LogP contribution < -0.4 is 11.3 Å². The molecular formula is C14H13BrCl2N2. The largest absolute Gasteiger partial charge is 0.271 e. The molecule has 1 atom stereocenters. The van der Waals surface area contributed by atoms with Crippen LogP contribution in [0.15, 0.2) is 46.9 Å². The first kappa shape index (κ1) is 14.8. The van der Waals surface area contributed by atoms with Crippen molar-refractivity contribution in [1.29, 1.82) is 0 Å². The normalized spacial score (nSPS) is 12.4. The third-order valence-electron chi connectivity index (χ3n) is 2.89. The lowest BCUT2D eigenvalue weighted by Crippen LogP contribution is -2.29. The van der Waals surface area contributed by atoms with Gasteiger partial charge in [0.1, 0.15) is 0 Å². The zero-order valence-corrected chi connectivity index (χ0v) is 13.1. The second-order valence-electron chi connectivity index (χ2n) is 4.22. The van der Waals surface area contributed by atoms with E-state index in [0.29, 0.717) is 10.0 Å². The lowest BCUT2D eigenvalue weighted by Gasteiger charge is -2.18. The minimum Gasteiger partial charge on any atom is -0.271 e. The lowest BCUT2D eigenvalue weighted by atomic mass is 9.99. The van der Waals surface area contributed by atoms with Gasteiger partial charge in [0.15, 0.2) is 0 Å². The molecular weight excluding hydrogens is 347 g/mol. The summed E-state index contributed by atoms with van der Waals surface area (Å²) in [5, 5.41) is 1.31. The number of nitrogens with one attached hydrogen (secondary N) is 1. The van der Waals surface area contributed by atoms with Gasteiger partial charge >= 0.3 is 0 Å². The predicted octanol–water partition coefficient (Wildman–Crippen LogP) is 4.50. The van der Waals surface area contributed by atoms with Crippen molar-refractivity contribution in [1.82, 2.24) is 5.43 Å². The predicted molar refractivity (Wildman–Crippen MR) is 84.4 cm³/mol. The number of hydrazine groups is 1. The zero-order chi connectivity index (χ0) is 13.8. The SMILES string of the molecule is NNC(Cc1ccc(Br)cc1)c1cc(Cl)ccc1Cl. The first-order valence-corrected chi connectivity index (χ1v) is 7.30. The van der Waals surface area contributed by atoms with Crippen LogP contribution in [0.3, 0.4) is 0 Å². The Balaban J connectivity index is 2.24. The van der Waals surface area contributed by atoms with Crippen LogP contribution in [-0.4, -0.2) is 0 Å². The Morgan fingerprint density at radius 3 is 2.42 bits per heavy atom. The van der Waals surface area contributed by atoms with Crippen molar-refractivity contribution in [2.24, 2.45) is 5.84 Å². The first-order chi connectivity index (χ1) is 9.10. The summed E-state index contributed by atoms with van der Waals surface area (Å²) in [6.45, 7) is 0. The molecule has 2 nitrogen and oxygen atoms in total. The second kappa shape index (κ2) is 6.73. The maximum atomic E-state index is 6.20. The molecule has 19 heavy (non-hydrogen) atoms. The number of rotatable bonds is 4. The summed E-state index contributed by atoms with van der Waals surface area (Å²) in [5.74, 6) is 5.64. The van der Waals surface area contributed by atoms with Crippen LogP contribution in [0.4, 0.5) is 0 Å². The van der Waals surface area contributed by atoms with Crippen molar-refractivity contribution in [2.45, 2.75) is 12.5 Å². The summed E-state index contributed by atoms with van der Waals surface area (Å²) in [7, 11) is 0. The summed E-state index contributed by atoms with van der Waals surface area (Å²) in [6.07, 6.45) is 0.740. The van der Waals surface area contributed by atoms with Crippen LogP contribution in [0.25, 0.3) is 0 Å². The maximum absolute atomic E-state index is 6.20. The summed E-state index contributed by atoms with van der Waals surface area (Å²) in [4.78, 5) is 0. The quantitative estimate of drug-likeness (QED) is 0.622. The van der Waals surface area contributed by atoms with E-state index in [4.69, 9.17) is 29.0 Å². The van der Waals surface area contributed by atoms with E-state index in [9.17, 15) is 0 Å². The number of benzene rings is 2. The number of halogens is 3. The van der Waals surface area contributed by atoms with Crippen LogP contribution in [-0.2, 0) is 6.42 Å². The van der Waals surface area contributed by atoms with Crippen LogP contribution in [0.2, 0.25) is 10.0 Å². The number of nitrogens with two attached hydrogens (primary N) is 1. The van der Waals surface area contributed by atoms with E-state index in [1.54, 1.807) is 12.1 Å². The molecule has 0 bridgehead atoms. The molecule has 0 aliphatic carbocycles. The number of hydrogen-bond donors (Lipinski definition) is 2. The molecule has 0 heterocycles. The Morgan fingerprint density at radius 2 is 1.79 bits per heavy atom. The van der Waals surface area contributed by atoms with Gasteiger partial charge in [-0.15, -0.1) is 0 Å². The van der Waals surface area contributed by atoms with Gasteiger partial charge in [-0.3, -0.25) is 11.3 Å². The first-order valence-electron chi connectivity index (χ1n) is 5.75. The van der Waals surface area contributed by atoms with Crippen LogP contribution in [0.1, 0.15) is 17.2 Å². The van der Waals surface area contributed by atoms with Gasteiger partial charge in [-0.2, -0.15) is 0 Å². The van der Waals surface area contributed by atoms with Gasteiger partial charge in [0, 0.05) is 14.5 Å². The van der Waals surface area contributed by atoms with Crippen molar-refractivity contribution >= 4 is 39.1 Å². The Bertz CT molecular complexity index is 558. The summed E-state index contributed by atoms with van der Waals surface area (Å²) in [6, 6.07) is 13.4. The third kappa shape index (κ3) is 3.94. The molecule has 0 aliphatic rings. The van der Waals surface area contributed by atoms with Crippen LogP contribution in [0, 0.1) is 0 Å². The second-order valence-corrected chi connectivity index (χ2v) is 5.97. The van der Waals surface area contributed by atoms with Gasteiger partial charge in [0.2, 0.25) is 0 Å². The highest BCUT2D eigenvalue weighted by Crippen LogP contribution is 2.28. The molecule has 0 spiro atoms. The fraction of sp³-hybridized carbons (Fsp3) is 0.143. The monoisotopic (exact) mass is 358 g/mol. The van der Waals surface area contributed by atoms with E-state index in [1.807, 2.05) is 30.3 Å². The third-order valence-corrected chi connectivity index (χ3v) is 4.00. The average molecular weight is 360 g/mol. The minimum atomic E-state index is -0.0765. The topological polar surface area (TPSA) is 38.0 Å². The highest BCUT2D eigenvalue weighted by atomic mass is 79.9. The zero-order valence-electron chi connectivity index (χ0n) is 10.0. The molecule has 0 aromatic heterocycles. The van der Waals surface area contributed by atoms with Crippen molar-refractivity contribution in [2.75, 3.05) is 0 Å². The Labute approximate surface area is 131 Å². The van der Waals surface area contributed by atoms with E-state index in [0.717, 1.165) is 16.5 Å². The molecule has 0 fully saturated rings. The van der Waals surface area contributed by atoms with E-state index < -0.39 is 0 Å². The van der Waals surface area contributed by atoms with E-state index in [2.05, 4.69) is 21.4 Å². The van der Waals surface area contributed by atoms with Crippen molar-refractivity contribution in [3.05, 3.63) is 68.1 Å². The van der Waals surface area contributed by atoms with Crippen LogP contribution >= 0.6 is 39.1 Å². The molecule has 0 aliphatic heterocycles. The van der Waals surface area contributed by atoms with E-state index >= 15 is 0 Å². The van der Waals surface area contributed by atoms with Gasteiger partial charge in [0.05, 0.1) is 6.04 Å². The van der Waals surface area contributed by atoms with Gasteiger partial charge < -0.3 is 0 Å². The van der Waals surface area contributed by atoms with Gasteiger partial charge in [0.25, 0.3) is 0 Å². The average Bonchev–Trinajstić information content (AvgIpc) is 2.41. The molecule has 3 N–H and O–H groups in total. The molecule has 100 valence electrons. The molecule has 2 aromatic rings. The standard InChI is InChI=1S/C14H13BrCl2N2/c15-10-3-1-9(2-4-10)7-14(19-18)12-8-11(16)5-6-13(12)17/h1-6,8,14,19H,7,18H2. The van der Waals surface area contributed by atoms with E-state index in [1.165, 1.54) is 5.56 Å². The molecule has 1 unspecified atom stereocenters. The molecule has 0 radical (unpaired) electrons. The summed E-state index contributed by atoms with van der Waals surface area (Å²) >= 11 is 15.6. The number of hydrogen-bond acceptors (Lipinski definition) is 2. The Morgan fingerprint density at radius 1 is 1.11 bits per heavy atom. The van der Waals surface area contributed by atoms with Crippen molar-refractivity contribution < 1.29 is 0 Å². The van der Waals surface area contributed by atoms with Crippen LogP contribution in [0.5, 0.6) is 0 Å². The summed E-state index contributed by atoms with van der Waals surface area (Å²) < 4.78 is 1.05. The highest BCUT2D eigenvalue weighted by molar-refractivity contribution is 9.10. The minimum absolute atomic E-state index is 0.0765. The Kier molecular flexibility index (Phi) is 5.25. The molecule has 2 rings (SSSR count). The lowest BCUT2D eigenvalue weighted by molar-refractivity contribution is 0.552. The maximum Gasteiger partial charge on any atom is 0.0515 e. The molecule has 5 heteroatoms. The van der Waals surface area contributed by atoms with Gasteiger partial charge in [-0.05, 0) is 47.9 Å². The van der Waals surface area contributed by atoms with Gasteiger partial charge in [-0.25, -0.2) is 0 Å². The molecule has 0 amide bonds. The molecule has 0 saturated heterocycles. The van der Waals surface area contributed by atoms with E-state index in [-0.39, 0.29) is 6.04 Å². The van der Waals surface area contributed by atoms with Gasteiger partial charge in [-0.1, -0.05) is 51.3 Å². The van der Waals surface area contributed by atoms with Crippen molar-refractivity contribution in [3.63, 3.8) is 0 Å². The highest BCUT2D eigenvalue weighted by Gasteiger charge is 2.14. The fourth-order valence-corrected chi connectivity index (χ4v) is 2.59. The Hall–Kier alpha value is -0.580. The molecule has 0 saturated carbocycles. The van der Waals surface area contributed by atoms with Crippen molar-refractivity contribution in [3.8, 4) is 0 Å². The smallest absolute Gasteiger partial charge is 0.0515 e. The fourth-order valence-electron chi connectivity index (χ4n) is 1.90. The molecule has 2 aromatic carbocycles.